The van der Waals surface area contributed by atoms with Crippen molar-refractivity contribution >= 4 is 39.1 Å². The molecule has 0 aliphatic rings. The van der Waals surface area contributed by atoms with Gasteiger partial charge in [-0.2, -0.15) is 0 Å². The lowest BCUT2D eigenvalue weighted by Gasteiger charge is -2.34. The number of hydrogen-bond acceptors (Lipinski definition) is 4. The lowest BCUT2D eigenvalue weighted by Crippen LogP contribution is -2.54. The number of nitrogens with one attached hydrogen (secondary N) is 1. The van der Waals surface area contributed by atoms with E-state index in [4.69, 9.17) is 11.6 Å². The van der Waals surface area contributed by atoms with Gasteiger partial charge in [-0.15, -0.1) is 0 Å². The van der Waals surface area contributed by atoms with Gasteiger partial charge in [0.15, 0.2) is 0 Å². The van der Waals surface area contributed by atoms with Crippen LogP contribution in [-0.4, -0.2) is 43.3 Å². The van der Waals surface area contributed by atoms with Crippen LogP contribution in [0.2, 0.25) is 5.02 Å². The topological polar surface area (TPSA) is 86.8 Å². The molecule has 3 rings (SSSR count). The van der Waals surface area contributed by atoms with Gasteiger partial charge in [0, 0.05) is 17.1 Å². The van der Waals surface area contributed by atoms with Crippen molar-refractivity contribution in [2.45, 2.75) is 71.5 Å². The van der Waals surface area contributed by atoms with Gasteiger partial charge in [-0.25, -0.2) is 8.42 Å². The van der Waals surface area contributed by atoms with Crippen molar-refractivity contribution in [1.82, 2.24) is 10.2 Å². The molecule has 0 aromatic heterocycles. The molecule has 214 valence electrons. The van der Waals surface area contributed by atoms with Crippen molar-refractivity contribution in [3.8, 4) is 0 Å². The van der Waals surface area contributed by atoms with Crippen LogP contribution in [0.1, 0.15) is 49.9 Å². The van der Waals surface area contributed by atoms with Crippen molar-refractivity contribution in [3.63, 3.8) is 0 Å². The first-order chi connectivity index (χ1) is 18.6. The first kappa shape index (κ1) is 31.2. The van der Waals surface area contributed by atoms with Gasteiger partial charge in [0.1, 0.15) is 12.6 Å². The first-order valence-corrected chi connectivity index (χ1v) is 14.9. The van der Waals surface area contributed by atoms with Crippen molar-refractivity contribution < 1.29 is 18.0 Å². The van der Waals surface area contributed by atoms with Crippen LogP contribution in [-0.2, 0) is 26.2 Å². The van der Waals surface area contributed by atoms with E-state index in [1.54, 1.807) is 55.5 Å². The summed E-state index contributed by atoms with van der Waals surface area (Å²) in [5, 5.41) is 3.37. The molecule has 1 N–H and O–H groups in total. The monoisotopic (exact) mass is 583 g/mol. The summed E-state index contributed by atoms with van der Waals surface area (Å²) in [7, 11) is -4.14. The molecule has 0 saturated heterocycles. The maximum atomic E-state index is 14.1. The van der Waals surface area contributed by atoms with Gasteiger partial charge in [-0.3, -0.25) is 13.9 Å². The van der Waals surface area contributed by atoms with Gasteiger partial charge < -0.3 is 10.2 Å². The molecule has 1 atom stereocenters. The smallest absolute Gasteiger partial charge is 0.264 e. The van der Waals surface area contributed by atoms with Crippen molar-refractivity contribution in [2.75, 3.05) is 10.8 Å². The predicted molar refractivity (Wildman–Crippen MR) is 161 cm³/mol. The highest BCUT2D eigenvalue weighted by Crippen LogP contribution is 2.29. The molecule has 40 heavy (non-hydrogen) atoms. The Kier molecular flexibility index (Phi) is 9.69. The fourth-order valence-corrected chi connectivity index (χ4v) is 5.89. The SMILES string of the molecule is Cc1ccc(S(=O)(=O)N(CC(=O)N(Cc2ccccc2Cl)[C@@H](C)C(=O)NC(C)(C)C)c2cccc(C)c2C)cc1. The number of nitrogens with zero attached hydrogens (tertiary/aromatic N) is 2. The van der Waals surface area contributed by atoms with Crippen LogP contribution in [0.25, 0.3) is 0 Å². The summed E-state index contributed by atoms with van der Waals surface area (Å²) >= 11 is 6.42. The molecule has 0 radical (unpaired) electrons. The standard InChI is InChI=1S/C31H38ClN3O4S/c1-21-15-17-26(18-16-21)40(38,39)35(28-14-10-11-22(2)23(28)3)20-29(36)34(19-25-12-8-9-13-27(25)32)24(4)30(37)33-31(5,6)7/h8-18,24H,19-20H2,1-7H3,(H,33,37)/t24-/m0/s1. The predicted octanol–water partition coefficient (Wildman–Crippen LogP) is 5.79. The largest absolute Gasteiger partial charge is 0.350 e. The Labute approximate surface area is 243 Å². The maximum absolute atomic E-state index is 14.1. The van der Waals surface area contributed by atoms with E-state index in [0.29, 0.717) is 16.3 Å². The summed E-state index contributed by atoms with van der Waals surface area (Å²) in [5.41, 5.74) is 3.07. The van der Waals surface area contributed by atoms with Crippen LogP contribution in [0.15, 0.2) is 71.6 Å². The average Bonchev–Trinajstić information content (AvgIpc) is 2.87. The third-order valence-electron chi connectivity index (χ3n) is 6.70. The number of amides is 2. The lowest BCUT2D eigenvalue weighted by atomic mass is 10.1. The zero-order chi connectivity index (χ0) is 29.8. The van der Waals surface area contributed by atoms with E-state index < -0.39 is 34.1 Å². The van der Waals surface area contributed by atoms with E-state index in [-0.39, 0.29) is 17.3 Å². The Morgan fingerprint density at radius 3 is 2.15 bits per heavy atom. The van der Waals surface area contributed by atoms with E-state index in [1.807, 2.05) is 47.6 Å². The van der Waals surface area contributed by atoms with Gasteiger partial charge >= 0.3 is 0 Å². The second-order valence-corrected chi connectivity index (χ2v) is 13.3. The van der Waals surface area contributed by atoms with Gasteiger partial charge in [-0.1, -0.05) is 59.6 Å². The quantitative estimate of drug-likeness (QED) is 0.345. The molecule has 2 amide bonds. The number of halogens is 1. The van der Waals surface area contributed by atoms with Crippen LogP contribution in [0.4, 0.5) is 5.69 Å². The average molecular weight is 584 g/mol. The molecule has 0 heterocycles. The second-order valence-electron chi connectivity index (χ2n) is 11.1. The number of hydrogen-bond donors (Lipinski definition) is 1. The number of aryl methyl sites for hydroxylation is 2. The van der Waals surface area contributed by atoms with Crippen LogP contribution in [0, 0.1) is 20.8 Å². The Balaban J connectivity index is 2.09. The van der Waals surface area contributed by atoms with Crippen molar-refractivity contribution in [1.29, 1.82) is 0 Å². The van der Waals surface area contributed by atoms with E-state index in [9.17, 15) is 18.0 Å². The Hall–Kier alpha value is -3.36. The molecule has 0 saturated carbocycles. The molecule has 3 aromatic carbocycles. The number of carbonyl (C=O) groups is 2. The summed E-state index contributed by atoms with van der Waals surface area (Å²) in [6.07, 6.45) is 0. The summed E-state index contributed by atoms with van der Waals surface area (Å²) in [5.74, 6) is -0.888. The highest BCUT2D eigenvalue weighted by Gasteiger charge is 2.34. The minimum atomic E-state index is -4.14. The molecule has 0 bridgehead atoms. The summed E-state index contributed by atoms with van der Waals surface area (Å²) < 4.78 is 29.2. The summed E-state index contributed by atoms with van der Waals surface area (Å²) in [4.78, 5) is 28.7. The van der Waals surface area contributed by atoms with Gasteiger partial charge in [0.2, 0.25) is 11.8 Å². The minimum absolute atomic E-state index is 0.0302. The fourth-order valence-electron chi connectivity index (χ4n) is 4.22. The summed E-state index contributed by atoms with van der Waals surface area (Å²) in [6.45, 7) is 12.3. The van der Waals surface area contributed by atoms with Gasteiger partial charge in [0.05, 0.1) is 10.6 Å². The molecule has 0 unspecified atom stereocenters. The number of benzene rings is 3. The third-order valence-corrected chi connectivity index (χ3v) is 8.84. The Bertz CT molecular complexity index is 1480. The number of carbonyl (C=O) groups excluding carboxylic acids is 2. The number of rotatable bonds is 9. The highest BCUT2D eigenvalue weighted by molar-refractivity contribution is 7.92. The zero-order valence-corrected chi connectivity index (χ0v) is 25.7. The van der Waals surface area contributed by atoms with Crippen LogP contribution in [0.3, 0.4) is 0 Å². The molecular weight excluding hydrogens is 546 g/mol. The van der Waals surface area contributed by atoms with Crippen LogP contribution in [0.5, 0.6) is 0 Å². The highest BCUT2D eigenvalue weighted by atomic mass is 35.5. The normalized spacial score (nSPS) is 12.5. The van der Waals surface area contributed by atoms with Crippen LogP contribution >= 0.6 is 11.6 Å². The zero-order valence-electron chi connectivity index (χ0n) is 24.2. The maximum Gasteiger partial charge on any atom is 0.264 e. The van der Waals surface area contributed by atoms with E-state index in [2.05, 4.69) is 5.32 Å². The number of sulfonamides is 1. The third kappa shape index (κ3) is 7.43. The Morgan fingerprint density at radius 1 is 0.925 bits per heavy atom. The van der Waals surface area contributed by atoms with E-state index >= 15 is 0 Å². The van der Waals surface area contributed by atoms with Gasteiger partial charge in [0.25, 0.3) is 10.0 Å². The Morgan fingerprint density at radius 2 is 1.55 bits per heavy atom. The second kappa shape index (κ2) is 12.4. The van der Waals surface area contributed by atoms with E-state index in [1.165, 1.54) is 17.0 Å². The molecule has 9 heteroatoms. The molecule has 0 spiro atoms. The fraction of sp³-hybridized carbons (Fsp3) is 0.355. The van der Waals surface area contributed by atoms with Crippen LogP contribution < -0.4 is 9.62 Å². The van der Waals surface area contributed by atoms with Crippen molar-refractivity contribution in [3.05, 3.63) is 94.0 Å². The van der Waals surface area contributed by atoms with Crippen molar-refractivity contribution in [2.24, 2.45) is 0 Å². The molecule has 0 aliphatic carbocycles. The summed E-state index contributed by atoms with van der Waals surface area (Å²) in [6, 6.07) is 18.0. The minimum Gasteiger partial charge on any atom is -0.350 e. The van der Waals surface area contributed by atoms with Gasteiger partial charge in [-0.05, 0) is 89.4 Å². The first-order valence-electron chi connectivity index (χ1n) is 13.1. The van der Waals surface area contributed by atoms with E-state index in [0.717, 1.165) is 21.0 Å². The molecular formula is C31H38ClN3O4S. The molecule has 0 aliphatic heterocycles. The molecule has 7 nitrogen and oxygen atoms in total. The molecule has 3 aromatic rings. The molecule has 0 fully saturated rings. The lowest BCUT2D eigenvalue weighted by molar-refractivity contribution is -0.140. The number of anilines is 1.